The molecule has 0 aromatic heterocycles. The summed E-state index contributed by atoms with van der Waals surface area (Å²) in [6.45, 7) is 2.30. The van der Waals surface area contributed by atoms with Gasteiger partial charge in [-0.2, -0.15) is 0 Å². The molecular formula is C16H20O3. The van der Waals surface area contributed by atoms with E-state index in [1.807, 2.05) is 43.3 Å². The van der Waals surface area contributed by atoms with Crippen LogP contribution in [0.25, 0.3) is 0 Å². The summed E-state index contributed by atoms with van der Waals surface area (Å²) in [6.07, 6.45) is 5.47. The molecule has 1 fully saturated rings. The van der Waals surface area contributed by atoms with Crippen LogP contribution in [0.5, 0.6) is 0 Å². The lowest BCUT2D eigenvalue weighted by Gasteiger charge is -2.16. The molecule has 102 valence electrons. The minimum atomic E-state index is -0.307. The summed E-state index contributed by atoms with van der Waals surface area (Å²) in [4.78, 5) is 11.5. The second-order valence-electron chi connectivity index (χ2n) is 4.76. The molecule has 3 nitrogen and oxygen atoms in total. The fraction of sp³-hybridized carbons (Fsp3) is 0.438. The Morgan fingerprint density at radius 2 is 2.05 bits per heavy atom. The van der Waals surface area contributed by atoms with Crippen LogP contribution in [-0.4, -0.2) is 19.2 Å². The van der Waals surface area contributed by atoms with Crippen LogP contribution in [0.4, 0.5) is 0 Å². The Kier molecular flexibility index (Phi) is 5.16. The van der Waals surface area contributed by atoms with E-state index in [0.717, 1.165) is 18.4 Å². The highest BCUT2D eigenvalue weighted by Gasteiger charge is 2.10. The average Bonchev–Trinajstić information content (AvgIpc) is 2.40. The molecule has 0 bridgehead atoms. The number of benzene rings is 1. The van der Waals surface area contributed by atoms with Crippen molar-refractivity contribution in [2.45, 2.75) is 32.3 Å². The Labute approximate surface area is 114 Å². The van der Waals surface area contributed by atoms with Gasteiger partial charge in [0.25, 0.3) is 0 Å². The van der Waals surface area contributed by atoms with E-state index < -0.39 is 0 Å². The molecule has 0 unspecified atom stereocenters. The van der Waals surface area contributed by atoms with Crippen molar-refractivity contribution in [3.63, 3.8) is 0 Å². The average molecular weight is 260 g/mol. The third kappa shape index (κ3) is 4.52. The highest BCUT2D eigenvalue weighted by atomic mass is 16.6. The van der Waals surface area contributed by atoms with Crippen LogP contribution in [0.2, 0.25) is 0 Å². The SMILES string of the molecule is C[C@@H](OCC(=O)OCC=C1CCC1)c1ccccc1. The van der Waals surface area contributed by atoms with Crippen LogP contribution in [0.15, 0.2) is 42.0 Å². The highest BCUT2D eigenvalue weighted by Crippen LogP contribution is 2.24. The smallest absolute Gasteiger partial charge is 0.332 e. The number of esters is 1. The van der Waals surface area contributed by atoms with Crippen molar-refractivity contribution >= 4 is 5.97 Å². The van der Waals surface area contributed by atoms with Gasteiger partial charge in [0.15, 0.2) is 0 Å². The molecule has 1 atom stereocenters. The van der Waals surface area contributed by atoms with Gasteiger partial charge in [0.2, 0.25) is 0 Å². The minimum Gasteiger partial charge on any atom is -0.460 e. The molecule has 3 heteroatoms. The first-order valence-electron chi connectivity index (χ1n) is 6.76. The van der Waals surface area contributed by atoms with Crippen molar-refractivity contribution in [1.82, 2.24) is 0 Å². The fourth-order valence-corrected chi connectivity index (χ4v) is 1.89. The molecule has 2 rings (SSSR count). The molecule has 1 saturated carbocycles. The summed E-state index contributed by atoms with van der Waals surface area (Å²) in [5.41, 5.74) is 2.46. The van der Waals surface area contributed by atoms with Crippen molar-refractivity contribution in [3.05, 3.63) is 47.5 Å². The lowest BCUT2D eigenvalue weighted by Crippen LogP contribution is -2.15. The second kappa shape index (κ2) is 7.10. The van der Waals surface area contributed by atoms with Crippen LogP contribution in [0, 0.1) is 0 Å². The summed E-state index contributed by atoms with van der Waals surface area (Å²) < 4.78 is 10.6. The van der Waals surface area contributed by atoms with E-state index in [-0.39, 0.29) is 18.7 Å². The van der Waals surface area contributed by atoms with Crippen LogP contribution < -0.4 is 0 Å². The summed E-state index contributed by atoms with van der Waals surface area (Å²) >= 11 is 0. The van der Waals surface area contributed by atoms with E-state index in [1.165, 1.54) is 12.0 Å². The topological polar surface area (TPSA) is 35.5 Å². The van der Waals surface area contributed by atoms with E-state index in [1.54, 1.807) is 0 Å². The Morgan fingerprint density at radius 3 is 2.68 bits per heavy atom. The number of carbonyl (C=O) groups excluding carboxylic acids is 1. The van der Waals surface area contributed by atoms with E-state index in [2.05, 4.69) is 0 Å². The van der Waals surface area contributed by atoms with Crippen LogP contribution in [-0.2, 0) is 14.3 Å². The maximum absolute atomic E-state index is 11.5. The van der Waals surface area contributed by atoms with Crippen LogP contribution in [0.1, 0.15) is 37.9 Å². The zero-order chi connectivity index (χ0) is 13.5. The Balaban J connectivity index is 1.65. The maximum atomic E-state index is 11.5. The molecule has 0 amide bonds. The predicted octanol–water partition coefficient (Wildman–Crippen LogP) is 3.42. The molecule has 0 radical (unpaired) electrons. The van der Waals surface area contributed by atoms with Gasteiger partial charge >= 0.3 is 5.97 Å². The monoisotopic (exact) mass is 260 g/mol. The van der Waals surface area contributed by atoms with Crippen molar-refractivity contribution in [1.29, 1.82) is 0 Å². The Morgan fingerprint density at radius 1 is 1.32 bits per heavy atom. The molecule has 1 aromatic rings. The largest absolute Gasteiger partial charge is 0.460 e. The van der Waals surface area contributed by atoms with Gasteiger partial charge in [0.05, 0.1) is 6.10 Å². The number of carbonyl (C=O) groups is 1. The lowest BCUT2D eigenvalue weighted by atomic mass is 9.92. The van der Waals surface area contributed by atoms with Gasteiger partial charge < -0.3 is 9.47 Å². The fourth-order valence-electron chi connectivity index (χ4n) is 1.89. The van der Waals surface area contributed by atoms with E-state index >= 15 is 0 Å². The van der Waals surface area contributed by atoms with Crippen molar-refractivity contribution in [2.75, 3.05) is 13.2 Å². The first-order valence-corrected chi connectivity index (χ1v) is 6.76. The van der Waals surface area contributed by atoms with Crippen molar-refractivity contribution in [2.24, 2.45) is 0 Å². The number of hydrogen-bond donors (Lipinski definition) is 0. The molecule has 0 saturated heterocycles. The van der Waals surface area contributed by atoms with Gasteiger partial charge in [-0.15, -0.1) is 0 Å². The van der Waals surface area contributed by atoms with Crippen molar-refractivity contribution in [3.8, 4) is 0 Å². The molecule has 1 aliphatic carbocycles. The summed E-state index contributed by atoms with van der Waals surface area (Å²) in [6, 6.07) is 9.84. The molecule has 0 N–H and O–H groups in total. The van der Waals surface area contributed by atoms with Crippen molar-refractivity contribution < 1.29 is 14.3 Å². The molecule has 1 aromatic carbocycles. The Bertz CT molecular complexity index is 431. The van der Waals surface area contributed by atoms with Gasteiger partial charge in [-0.3, -0.25) is 0 Å². The van der Waals surface area contributed by atoms with Crippen LogP contribution in [0.3, 0.4) is 0 Å². The zero-order valence-electron chi connectivity index (χ0n) is 11.3. The van der Waals surface area contributed by atoms with Gasteiger partial charge in [-0.1, -0.05) is 35.9 Å². The highest BCUT2D eigenvalue weighted by molar-refractivity contribution is 5.70. The number of rotatable bonds is 6. The summed E-state index contributed by atoms with van der Waals surface area (Å²) in [7, 11) is 0. The zero-order valence-corrected chi connectivity index (χ0v) is 11.3. The molecule has 1 aliphatic rings. The number of hydrogen-bond acceptors (Lipinski definition) is 3. The molecule has 0 aliphatic heterocycles. The predicted molar refractivity (Wildman–Crippen MR) is 73.7 cm³/mol. The first kappa shape index (κ1) is 13.8. The molecule has 19 heavy (non-hydrogen) atoms. The van der Waals surface area contributed by atoms with Gasteiger partial charge in [-0.05, 0) is 37.8 Å². The van der Waals surface area contributed by atoms with Crippen LogP contribution >= 0.6 is 0 Å². The van der Waals surface area contributed by atoms with E-state index in [9.17, 15) is 4.79 Å². The van der Waals surface area contributed by atoms with Gasteiger partial charge in [-0.25, -0.2) is 4.79 Å². The number of ether oxygens (including phenoxy) is 2. The third-order valence-electron chi connectivity index (χ3n) is 3.33. The normalized spacial score (nSPS) is 15.5. The summed E-state index contributed by atoms with van der Waals surface area (Å²) in [5, 5.41) is 0. The first-order chi connectivity index (χ1) is 9.25. The standard InChI is InChI=1S/C16H20O3/c1-13(15-8-3-2-4-9-15)19-12-16(17)18-11-10-14-6-5-7-14/h2-4,8-10,13H,5-7,11-12H2,1H3/t13-/m1/s1. The second-order valence-corrected chi connectivity index (χ2v) is 4.76. The molecule has 0 heterocycles. The molecular weight excluding hydrogens is 240 g/mol. The minimum absolute atomic E-state index is 0.000760. The lowest BCUT2D eigenvalue weighted by molar-refractivity contribution is -0.149. The summed E-state index contributed by atoms with van der Waals surface area (Å²) in [5.74, 6) is -0.307. The van der Waals surface area contributed by atoms with Gasteiger partial charge in [0, 0.05) is 0 Å². The Hall–Kier alpha value is -1.61. The molecule has 0 spiro atoms. The maximum Gasteiger partial charge on any atom is 0.332 e. The van der Waals surface area contributed by atoms with E-state index in [4.69, 9.17) is 9.47 Å². The quantitative estimate of drug-likeness (QED) is 0.580. The van der Waals surface area contributed by atoms with E-state index in [0.29, 0.717) is 6.61 Å². The third-order valence-corrected chi connectivity index (χ3v) is 3.33. The van der Waals surface area contributed by atoms with Gasteiger partial charge in [0.1, 0.15) is 13.2 Å². The number of allylic oxidation sites excluding steroid dienone is 1.